The number of nitrogens with one attached hydrogen (secondary N) is 2. The van der Waals surface area contributed by atoms with Crippen molar-refractivity contribution >= 4 is 46.6 Å². The molecule has 2 N–H and O–H groups in total. The molecule has 0 aliphatic rings. The van der Waals surface area contributed by atoms with Crippen LogP contribution in [0, 0.1) is 24.0 Å². The third kappa shape index (κ3) is 5.87. The van der Waals surface area contributed by atoms with Crippen LogP contribution in [0.15, 0.2) is 70.5 Å². The van der Waals surface area contributed by atoms with Crippen LogP contribution < -0.4 is 10.6 Å². The first kappa shape index (κ1) is 23.3. The zero-order chi connectivity index (χ0) is 23.3. The van der Waals surface area contributed by atoms with Crippen molar-refractivity contribution in [3.8, 4) is 0 Å². The molecule has 0 saturated heterocycles. The van der Waals surface area contributed by atoms with Crippen LogP contribution in [0.4, 0.5) is 11.4 Å². The maximum absolute atomic E-state index is 12.8. The van der Waals surface area contributed by atoms with Crippen LogP contribution in [0.1, 0.15) is 21.5 Å². The Hall–Kier alpha value is -3.36. The predicted molar refractivity (Wildman–Crippen MR) is 126 cm³/mol. The Labute approximate surface area is 194 Å². The van der Waals surface area contributed by atoms with Crippen LogP contribution in [0.5, 0.6) is 0 Å². The van der Waals surface area contributed by atoms with Gasteiger partial charge in [-0.25, -0.2) is 0 Å². The van der Waals surface area contributed by atoms with E-state index in [1.54, 1.807) is 24.3 Å². The summed E-state index contributed by atoms with van der Waals surface area (Å²) in [6.45, 7) is 3.48. The molecular formula is C23H20ClN3O4S. The van der Waals surface area contributed by atoms with Crippen molar-refractivity contribution in [1.29, 1.82) is 0 Å². The normalized spacial score (nSPS) is 10.5. The Morgan fingerprint density at radius 2 is 1.69 bits per heavy atom. The summed E-state index contributed by atoms with van der Waals surface area (Å²) in [4.78, 5) is 37.2. The van der Waals surface area contributed by atoms with Crippen molar-refractivity contribution in [2.24, 2.45) is 0 Å². The van der Waals surface area contributed by atoms with Crippen molar-refractivity contribution in [1.82, 2.24) is 5.32 Å². The summed E-state index contributed by atoms with van der Waals surface area (Å²) in [5, 5.41) is 17.1. The quantitative estimate of drug-likeness (QED) is 0.357. The number of anilines is 1. The van der Waals surface area contributed by atoms with Crippen molar-refractivity contribution in [3.63, 3.8) is 0 Å². The van der Waals surface area contributed by atoms with Crippen LogP contribution in [0.2, 0.25) is 5.02 Å². The molecule has 0 heterocycles. The number of nitrogens with zero attached hydrogens (tertiary/aromatic N) is 1. The number of hydrogen-bond acceptors (Lipinski definition) is 5. The van der Waals surface area contributed by atoms with Gasteiger partial charge in [0.15, 0.2) is 0 Å². The zero-order valence-electron chi connectivity index (χ0n) is 17.3. The van der Waals surface area contributed by atoms with Gasteiger partial charge in [0.05, 0.1) is 17.0 Å². The first-order valence-electron chi connectivity index (χ1n) is 9.60. The van der Waals surface area contributed by atoms with E-state index in [0.29, 0.717) is 15.6 Å². The number of nitro groups is 1. The first-order chi connectivity index (χ1) is 15.2. The fourth-order valence-electron chi connectivity index (χ4n) is 2.98. The monoisotopic (exact) mass is 469 g/mol. The SMILES string of the molecule is Cc1cccc(C)c1NC(=O)CNC(=O)c1cc([N+](=O)[O-])ccc1Sc1ccc(Cl)cc1. The molecule has 2 amide bonds. The van der Waals surface area contributed by atoms with Crippen molar-refractivity contribution in [3.05, 3.63) is 92.5 Å². The summed E-state index contributed by atoms with van der Waals surface area (Å²) >= 11 is 7.18. The van der Waals surface area contributed by atoms with Crippen LogP contribution in [-0.4, -0.2) is 23.3 Å². The number of carbonyl (C=O) groups excluding carboxylic acids is 2. The summed E-state index contributed by atoms with van der Waals surface area (Å²) in [7, 11) is 0. The number of halogens is 1. The predicted octanol–water partition coefficient (Wildman–Crippen LogP) is 5.38. The molecule has 0 bridgehead atoms. The second kappa shape index (κ2) is 10.3. The summed E-state index contributed by atoms with van der Waals surface area (Å²) < 4.78 is 0. The highest BCUT2D eigenvalue weighted by atomic mass is 35.5. The van der Waals surface area contributed by atoms with Crippen LogP contribution >= 0.6 is 23.4 Å². The van der Waals surface area contributed by atoms with Gasteiger partial charge in [0.1, 0.15) is 0 Å². The van der Waals surface area contributed by atoms with E-state index in [1.807, 2.05) is 32.0 Å². The summed E-state index contributed by atoms with van der Waals surface area (Å²) in [6.07, 6.45) is 0. The van der Waals surface area contributed by atoms with E-state index in [9.17, 15) is 19.7 Å². The molecule has 0 fully saturated rings. The highest BCUT2D eigenvalue weighted by Gasteiger charge is 2.19. The van der Waals surface area contributed by atoms with Crippen LogP contribution in [0.3, 0.4) is 0 Å². The Kier molecular flexibility index (Phi) is 7.50. The molecule has 0 atom stereocenters. The third-order valence-electron chi connectivity index (χ3n) is 4.62. The molecule has 3 aromatic carbocycles. The molecule has 0 aliphatic carbocycles. The highest BCUT2D eigenvalue weighted by molar-refractivity contribution is 7.99. The van der Waals surface area contributed by atoms with Gasteiger partial charge in [-0.15, -0.1) is 0 Å². The van der Waals surface area contributed by atoms with E-state index in [4.69, 9.17) is 11.6 Å². The average Bonchev–Trinajstić information content (AvgIpc) is 2.76. The van der Waals surface area contributed by atoms with Gasteiger partial charge in [0.25, 0.3) is 11.6 Å². The fourth-order valence-corrected chi connectivity index (χ4v) is 4.03. The Bertz CT molecular complexity index is 1160. The van der Waals surface area contributed by atoms with E-state index >= 15 is 0 Å². The van der Waals surface area contributed by atoms with Gasteiger partial charge in [-0.2, -0.15) is 0 Å². The second-order valence-corrected chi connectivity index (χ2v) is 8.54. The topological polar surface area (TPSA) is 101 Å². The van der Waals surface area contributed by atoms with E-state index in [0.717, 1.165) is 16.0 Å². The van der Waals surface area contributed by atoms with Crippen LogP contribution in [-0.2, 0) is 4.79 Å². The zero-order valence-corrected chi connectivity index (χ0v) is 18.9. The molecule has 3 aromatic rings. The minimum Gasteiger partial charge on any atom is -0.343 e. The van der Waals surface area contributed by atoms with Gasteiger partial charge in [-0.1, -0.05) is 41.6 Å². The number of amides is 2. The molecule has 0 saturated carbocycles. The molecule has 0 aliphatic heterocycles. The van der Waals surface area contributed by atoms with E-state index in [2.05, 4.69) is 10.6 Å². The molecule has 9 heteroatoms. The Morgan fingerprint density at radius 3 is 2.31 bits per heavy atom. The summed E-state index contributed by atoms with van der Waals surface area (Å²) in [5.41, 5.74) is 2.41. The van der Waals surface area contributed by atoms with E-state index in [1.165, 1.54) is 30.0 Å². The summed E-state index contributed by atoms with van der Waals surface area (Å²) in [6, 6.07) is 16.7. The molecule has 0 radical (unpaired) electrons. The van der Waals surface area contributed by atoms with Crippen molar-refractivity contribution < 1.29 is 14.5 Å². The van der Waals surface area contributed by atoms with Gasteiger partial charge in [0.2, 0.25) is 5.91 Å². The molecule has 0 aromatic heterocycles. The fraction of sp³-hybridized carbons (Fsp3) is 0.130. The number of nitro benzene ring substituents is 1. The lowest BCUT2D eigenvalue weighted by Crippen LogP contribution is -2.33. The minimum absolute atomic E-state index is 0.110. The number of rotatable bonds is 7. The molecule has 164 valence electrons. The van der Waals surface area contributed by atoms with Gasteiger partial charge >= 0.3 is 0 Å². The lowest BCUT2D eigenvalue weighted by Gasteiger charge is -2.13. The van der Waals surface area contributed by atoms with Gasteiger partial charge in [-0.05, 0) is 55.3 Å². The maximum Gasteiger partial charge on any atom is 0.270 e. The molecule has 0 unspecified atom stereocenters. The third-order valence-corrected chi connectivity index (χ3v) is 5.95. The van der Waals surface area contributed by atoms with Gasteiger partial charge in [-0.3, -0.25) is 19.7 Å². The minimum atomic E-state index is -0.582. The number of non-ortho nitro benzene ring substituents is 1. The maximum atomic E-state index is 12.8. The smallest absolute Gasteiger partial charge is 0.270 e. The molecular weight excluding hydrogens is 450 g/mol. The first-order valence-corrected chi connectivity index (χ1v) is 10.8. The number of carbonyl (C=O) groups is 2. The largest absolute Gasteiger partial charge is 0.343 e. The average molecular weight is 470 g/mol. The Balaban J connectivity index is 1.76. The lowest BCUT2D eigenvalue weighted by molar-refractivity contribution is -0.384. The van der Waals surface area contributed by atoms with Crippen LogP contribution in [0.25, 0.3) is 0 Å². The number of para-hydroxylation sites is 1. The standard InChI is InChI=1S/C23H20ClN3O4S/c1-14-4-3-5-15(2)22(14)26-21(28)13-25-23(29)19-12-17(27(30)31)8-11-20(19)32-18-9-6-16(24)7-10-18/h3-12H,13H2,1-2H3,(H,25,29)(H,26,28). The molecule has 7 nitrogen and oxygen atoms in total. The van der Waals surface area contributed by atoms with Crippen molar-refractivity contribution in [2.75, 3.05) is 11.9 Å². The molecule has 32 heavy (non-hydrogen) atoms. The van der Waals surface area contributed by atoms with Gasteiger partial charge in [0, 0.05) is 32.6 Å². The van der Waals surface area contributed by atoms with Crippen molar-refractivity contribution in [2.45, 2.75) is 23.6 Å². The second-order valence-electron chi connectivity index (χ2n) is 6.99. The molecule has 3 rings (SSSR count). The van der Waals surface area contributed by atoms with E-state index < -0.39 is 16.7 Å². The Morgan fingerprint density at radius 1 is 1.03 bits per heavy atom. The summed E-state index contributed by atoms with van der Waals surface area (Å²) in [5.74, 6) is -0.977. The van der Waals surface area contributed by atoms with E-state index in [-0.39, 0.29) is 17.8 Å². The highest BCUT2D eigenvalue weighted by Crippen LogP contribution is 2.33. The number of aryl methyl sites for hydroxylation is 2. The van der Waals surface area contributed by atoms with Gasteiger partial charge < -0.3 is 10.6 Å². The number of benzene rings is 3. The number of hydrogen-bond donors (Lipinski definition) is 2. The lowest BCUT2D eigenvalue weighted by atomic mass is 10.1. The molecule has 0 spiro atoms.